The number of hydrogen-bond acceptors (Lipinski definition) is 5. The van der Waals surface area contributed by atoms with E-state index < -0.39 is 0 Å². The number of amides is 2. The summed E-state index contributed by atoms with van der Waals surface area (Å²) in [7, 11) is 4.89. The summed E-state index contributed by atoms with van der Waals surface area (Å²) in [5, 5.41) is 6.41. The summed E-state index contributed by atoms with van der Waals surface area (Å²) in [4.78, 5) is 31.1. The van der Waals surface area contributed by atoms with Crippen LogP contribution in [-0.2, 0) is 16.1 Å². The minimum Gasteiger partial charge on any atom is -0.493 e. The molecular formula is C22H28N4O4. The molecule has 2 amide bonds. The Hall–Kier alpha value is -3.03. The van der Waals surface area contributed by atoms with Gasteiger partial charge in [-0.25, -0.2) is 0 Å². The van der Waals surface area contributed by atoms with E-state index in [1.54, 1.807) is 21.3 Å². The molecule has 160 valence electrons. The maximum atomic E-state index is 12.7. The molecule has 2 N–H and O–H groups in total. The number of nitrogens with one attached hydrogen (secondary N) is 2. The number of likely N-dealkylation sites (tertiary alicyclic amines) is 1. The lowest BCUT2D eigenvalue weighted by Gasteiger charge is -2.19. The largest absolute Gasteiger partial charge is 0.493 e. The minimum absolute atomic E-state index is 0.0206. The Balaban J connectivity index is 1.30. The standard InChI is InChI=1S/C22H28N4O4/c1-23-22(25-12-15-5-4-6-16(29-2)19(15)30-3)24-9-10-26-20(27)17-13-7-8-14(11-13)18(17)21(26)28/h4-8,13-14,17-18H,9-12H2,1-3H3,(H2,23,24,25). The van der Waals surface area contributed by atoms with Crippen molar-refractivity contribution in [2.45, 2.75) is 13.0 Å². The SMILES string of the molecule is CN=C(NCCN1C(=O)C2C3C=CC(C3)C2C1=O)NCc1cccc(OC)c1OC. The molecule has 4 rings (SSSR count). The third-order valence-electron chi connectivity index (χ3n) is 6.34. The second-order valence-corrected chi connectivity index (χ2v) is 7.83. The van der Waals surface area contributed by atoms with Crippen LogP contribution in [0.4, 0.5) is 0 Å². The second-order valence-electron chi connectivity index (χ2n) is 7.83. The van der Waals surface area contributed by atoms with E-state index >= 15 is 0 Å². The van der Waals surface area contributed by atoms with Gasteiger partial charge in [-0.05, 0) is 24.3 Å². The van der Waals surface area contributed by atoms with Crippen LogP contribution < -0.4 is 20.1 Å². The number of para-hydroxylation sites is 1. The van der Waals surface area contributed by atoms with Gasteiger partial charge in [-0.3, -0.25) is 19.5 Å². The first-order valence-corrected chi connectivity index (χ1v) is 10.3. The van der Waals surface area contributed by atoms with E-state index in [0.29, 0.717) is 37.1 Å². The number of ether oxygens (including phenoxy) is 2. The molecule has 1 aromatic rings. The van der Waals surface area contributed by atoms with Crippen LogP contribution in [0.1, 0.15) is 12.0 Å². The van der Waals surface area contributed by atoms with Crippen LogP contribution in [0.3, 0.4) is 0 Å². The first-order chi connectivity index (χ1) is 14.6. The number of carbonyl (C=O) groups is 2. The average molecular weight is 412 g/mol. The molecule has 2 aliphatic carbocycles. The number of methoxy groups -OCH3 is 2. The molecule has 1 saturated heterocycles. The lowest BCUT2D eigenvalue weighted by Crippen LogP contribution is -2.43. The van der Waals surface area contributed by atoms with Crippen LogP contribution in [0, 0.1) is 23.7 Å². The highest BCUT2D eigenvalue weighted by Crippen LogP contribution is 2.52. The van der Waals surface area contributed by atoms with Gasteiger partial charge in [0.15, 0.2) is 17.5 Å². The van der Waals surface area contributed by atoms with Crippen molar-refractivity contribution < 1.29 is 19.1 Å². The van der Waals surface area contributed by atoms with Crippen LogP contribution in [0.5, 0.6) is 11.5 Å². The van der Waals surface area contributed by atoms with Crippen molar-refractivity contribution in [3.05, 3.63) is 35.9 Å². The van der Waals surface area contributed by atoms with Crippen LogP contribution in [-0.4, -0.2) is 57.0 Å². The Kier molecular flexibility index (Phi) is 5.65. The van der Waals surface area contributed by atoms with E-state index in [2.05, 4.69) is 27.8 Å². The van der Waals surface area contributed by atoms with E-state index in [4.69, 9.17) is 9.47 Å². The molecule has 1 aromatic carbocycles. The molecule has 8 nitrogen and oxygen atoms in total. The zero-order valence-electron chi connectivity index (χ0n) is 17.6. The van der Waals surface area contributed by atoms with Crippen molar-refractivity contribution >= 4 is 17.8 Å². The third-order valence-corrected chi connectivity index (χ3v) is 6.34. The lowest BCUT2D eigenvalue weighted by atomic mass is 9.85. The molecule has 1 heterocycles. The van der Waals surface area contributed by atoms with Gasteiger partial charge in [-0.2, -0.15) is 0 Å². The zero-order valence-corrected chi connectivity index (χ0v) is 17.6. The van der Waals surface area contributed by atoms with Gasteiger partial charge < -0.3 is 20.1 Å². The van der Waals surface area contributed by atoms with Crippen molar-refractivity contribution in [2.75, 3.05) is 34.4 Å². The summed E-state index contributed by atoms with van der Waals surface area (Å²) in [5.41, 5.74) is 0.931. The zero-order chi connectivity index (χ0) is 21.3. The van der Waals surface area contributed by atoms with E-state index in [1.165, 1.54) is 4.90 Å². The topological polar surface area (TPSA) is 92.3 Å². The van der Waals surface area contributed by atoms with Crippen molar-refractivity contribution in [3.63, 3.8) is 0 Å². The highest BCUT2D eigenvalue weighted by Gasteiger charge is 2.58. The van der Waals surface area contributed by atoms with Crippen molar-refractivity contribution in [1.29, 1.82) is 0 Å². The monoisotopic (exact) mass is 412 g/mol. The van der Waals surface area contributed by atoms with E-state index in [-0.39, 0.29) is 35.5 Å². The molecule has 1 aliphatic heterocycles. The van der Waals surface area contributed by atoms with Crippen LogP contribution in [0.2, 0.25) is 0 Å². The normalized spacial score (nSPS) is 26.9. The molecule has 30 heavy (non-hydrogen) atoms. The molecule has 0 aromatic heterocycles. The first kappa shape index (κ1) is 20.3. The molecule has 2 fully saturated rings. The van der Waals surface area contributed by atoms with Crippen molar-refractivity contribution in [2.24, 2.45) is 28.7 Å². The Morgan fingerprint density at radius 2 is 1.80 bits per heavy atom. The number of aliphatic imine (C=N–C) groups is 1. The predicted molar refractivity (Wildman–Crippen MR) is 112 cm³/mol. The fourth-order valence-corrected chi connectivity index (χ4v) is 4.96. The number of allylic oxidation sites excluding steroid dienone is 2. The number of nitrogens with zero attached hydrogens (tertiary/aromatic N) is 2. The first-order valence-electron chi connectivity index (χ1n) is 10.3. The Bertz CT molecular complexity index is 867. The molecule has 4 atom stereocenters. The third kappa shape index (κ3) is 3.40. The second kappa shape index (κ2) is 8.38. The molecule has 2 bridgehead atoms. The van der Waals surface area contributed by atoms with Gasteiger partial charge in [0.1, 0.15) is 0 Å². The van der Waals surface area contributed by atoms with Gasteiger partial charge in [-0.1, -0.05) is 24.3 Å². The molecular weight excluding hydrogens is 384 g/mol. The Labute approximate surface area is 176 Å². The molecule has 4 unspecified atom stereocenters. The maximum Gasteiger partial charge on any atom is 0.233 e. The van der Waals surface area contributed by atoms with Gasteiger partial charge in [-0.15, -0.1) is 0 Å². The molecule has 0 spiro atoms. The number of benzene rings is 1. The van der Waals surface area contributed by atoms with Gasteiger partial charge in [0.05, 0.1) is 26.1 Å². The number of imide groups is 1. The number of carbonyl (C=O) groups excluding carboxylic acids is 2. The smallest absolute Gasteiger partial charge is 0.233 e. The van der Waals surface area contributed by atoms with Crippen molar-refractivity contribution in [3.8, 4) is 11.5 Å². The van der Waals surface area contributed by atoms with E-state index in [9.17, 15) is 9.59 Å². The van der Waals surface area contributed by atoms with Crippen LogP contribution in [0.25, 0.3) is 0 Å². The average Bonchev–Trinajstić information content (AvgIpc) is 3.45. The fraction of sp³-hybridized carbons (Fsp3) is 0.500. The Morgan fingerprint density at radius 3 is 2.40 bits per heavy atom. The summed E-state index contributed by atoms with van der Waals surface area (Å²) in [6.45, 7) is 1.27. The highest BCUT2D eigenvalue weighted by atomic mass is 16.5. The molecule has 0 radical (unpaired) electrons. The number of hydrogen-bond donors (Lipinski definition) is 2. The van der Waals surface area contributed by atoms with Gasteiger partial charge in [0.25, 0.3) is 0 Å². The summed E-state index contributed by atoms with van der Waals surface area (Å²) < 4.78 is 10.8. The van der Waals surface area contributed by atoms with Gasteiger partial charge in [0.2, 0.25) is 11.8 Å². The lowest BCUT2D eigenvalue weighted by molar-refractivity contribution is -0.140. The maximum absolute atomic E-state index is 12.7. The van der Waals surface area contributed by atoms with E-state index in [0.717, 1.165) is 12.0 Å². The van der Waals surface area contributed by atoms with Crippen LogP contribution >= 0.6 is 0 Å². The molecule has 3 aliphatic rings. The minimum atomic E-state index is -0.148. The fourth-order valence-electron chi connectivity index (χ4n) is 4.96. The summed E-state index contributed by atoms with van der Waals surface area (Å²) in [6.07, 6.45) is 5.16. The van der Waals surface area contributed by atoms with E-state index in [1.807, 2.05) is 18.2 Å². The number of rotatable bonds is 7. The summed E-state index contributed by atoms with van der Waals surface area (Å²) in [5.74, 6) is 2.06. The Morgan fingerprint density at radius 1 is 1.10 bits per heavy atom. The quantitative estimate of drug-likeness (QED) is 0.302. The molecule has 8 heteroatoms. The van der Waals surface area contributed by atoms with Crippen LogP contribution in [0.15, 0.2) is 35.3 Å². The van der Waals surface area contributed by atoms with Crippen molar-refractivity contribution in [1.82, 2.24) is 15.5 Å². The number of guanidine groups is 1. The number of fused-ring (bicyclic) bond motifs is 5. The van der Waals surface area contributed by atoms with Gasteiger partial charge in [0, 0.05) is 32.2 Å². The summed E-state index contributed by atoms with van der Waals surface area (Å²) in [6, 6.07) is 5.69. The summed E-state index contributed by atoms with van der Waals surface area (Å²) >= 11 is 0. The predicted octanol–water partition coefficient (Wildman–Crippen LogP) is 1.18. The highest BCUT2D eigenvalue weighted by molar-refractivity contribution is 6.06. The molecule has 1 saturated carbocycles. The van der Waals surface area contributed by atoms with Gasteiger partial charge >= 0.3 is 0 Å².